The van der Waals surface area contributed by atoms with Crippen molar-refractivity contribution in [1.29, 1.82) is 0 Å². The Kier molecular flexibility index (Phi) is 3.88. The van der Waals surface area contributed by atoms with E-state index in [9.17, 15) is 5.11 Å². The predicted molar refractivity (Wildman–Crippen MR) is 100 cm³/mol. The second-order valence-corrected chi connectivity index (χ2v) is 7.71. The fraction of sp³-hybridized carbons (Fsp3) is 0.429. The SMILES string of the molecule is COc1ccc(CC2(NCC3(c4ccc(O)c(N)c4)CC3)CC2)cc1. The van der Waals surface area contributed by atoms with Gasteiger partial charge in [0.1, 0.15) is 11.5 Å². The first kappa shape index (κ1) is 16.3. The van der Waals surface area contributed by atoms with E-state index in [1.165, 1.54) is 36.8 Å². The van der Waals surface area contributed by atoms with Gasteiger partial charge in [0.05, 0.1) is 12.8 Å². The number of rotatable bonds is 7. The molecule has 2 aliphatic carbocycles. The number of hydrogen-bond donors (Lipinski definition) is 3. The third-order valence-corrected chi connectivity index (χ3v) is 5.85. The molecule has 0 aliphatic heterocycles. The van der Waals surface area contributed by atoms with Crippen LogP contribution in [0, 0.1) is 0 Å². The summed E-state index contributed by atoms with van der Waals surface area (Å²) in [4.78, 5) is 0. The van der Waals surface area contributed by atoms with Crippen LogP contribution in [0.15, 0.2) is 42.5 Å². The fourth-order valence-electron chi connectivity index (χ4n) is 3.66. The van der Waals surface area contributed by atoms with Crippen LogP contribution >= 0.6 is 0 Å². The number of nitrogens with one attached hydrogen (secondary N) is 1. The smallest absolute Gasteiger partial charge is 0.138 e. The van der Waals surface area contributed by atoms with Crippen LogP contribution < -0.4 is 15.8 Å². The Morgan fingerprint density at radius 3 is 2.36 bits per heavy atom. The van der Waals surface area contributed by atoms with Gasteiger partial charge in [-0.25, -0.2) is 0 Å². The average molecular weight is 338 g/mol. The van der Waals surface area contributed by atoms with Crippen LogP contribution in [0.5, 0.6) is 11.5 Å². The number of hydrogen-bond acceptors (Lipinski definition) is 4. The molecule has 0 bridgehead atoms. The summed E-state index contributed by atoms with van der Waals surface area (Å²) in [6.45, 7) is 0.980. The summed E-state index contributed by atoms with van der Waals surface area (Å²) in [7, 11) is 1.70. The molecule has 2 aliphatic rings. The molecule has 4 heteroatoms. The van der Waals surface area contributed by atoms with E-state index in [-0.39, 0.29) is 16.7 Å². The number of benzene rings is 2. The molecule has 2 aromatic rings. The van der Waals surface area contributed by atoms with Gasteiger partial charge in [-0.2, -0.15) is 0 Å². The lowest BCUT2D eigenvalue weighted by Crippen LogP contribution is -2.39. The first-order valence-electron chi connectivity index (χ1n) is 9.01. The number of methoxy groups -OCH3 is 1. The van der Waals surface area contributed by atoms with Gasteiger partial charge >= 0.3 is 0 Å². The molecular weight excluding hydrogens is 312 g/mol. The third kappa shape index (κ3) is 3.31. The zero-order valence-electron chi connectivity index (χ0n) is 14.7. The molecule has 0 unspecified atom stereocenters. The monoisotopic (exact) mass is 338 g/mol. The van der Waals surface area contributed by atoms with E-state index in [1.807, 2.05) is 24.3 Å². The molecule has 132 valence electrons. The van der Waals surface area contributed by atoms with Crippen LogP contribution in [0.25, 0.3) is 0 Å². The summed E-state index contributed by atoms with van der Waals surface area (Å²) in [6.07, 6.45) is 5.89. The van der Waals surface area contributed by atoms with Crippen molar-refractivity contribution in [2.75, 3.05) is 19.4 Å². The number of nitrogens with two attached hydrogens (primary N) is 1. The lowest BCUT2D eigenvalue weighted by Gasteiger charge is -2.23. The number of anilines is 1. The maximum atomic E-state index is 9.65. The number of phenols is 1. The minimum Gasteiger partial charge on any atom is -0.506 e. The van der Waals surface area contributed by atoms with Crippen LogP contribution in [0.3, 0.4) is 0 Å². The Balaban J connectivity index is 1.41. The highest BCUT2D eigenvalue weighted by Crippen LogP contribution is 2.50. The van der Waals surface area contributed by atoms with Crippen LogP contribution in [-0.2, 0) is 11.8 Å². The lowest BCUT2D eigenvalue weighted by atomic mass is 9.94. The van der Waals surface area contributed by atoms with E-state index >= 15 is 0 Å². The molecule has 0 atom stereocenters. The molecule has 25 heavy (non-hydrogen) atoms. The predicted octanol–water partition coefficient (Wildman–Crippen LogP) is 3.38. The second kappa shape index (κ2) is 5.95. The zero-order chi connectivity index (χ0) is 17.5. The van der Waals surface area contributed by atoms with E-state index in [0.29, 0.717) is 5.69 Å². The maximum Gasteiger partial charge on any atom is 0.138 e. The first-order chi connectivity index (χ1) is 12.0. The molecule has 2 aromatic carbocycles. The van der Waals surface area contributed by atoms with Crippen molar-refractivity contribution >= 4 is 5.69 Å². The molecule has 2 saturated carbocycles. The average Bonchev–Trinajstić information content (AvgIpc) is 3.53. The van der Waals surface area contributed by atoms with E-state index in [1.54, 1.807) is 13.2 Å². The summed E-state index contributed by atoms with van der Waals surface area (Å²) in [5.74, 6) is 1.08. The maximum absolute atomic E-state index is 9.65. The molecule has 0 radical (unpaired) electrons. The number of ether oxygens (including phenoxy) is 1. The van der Waals surface area contributed by atoms with Crippen molar-refractivity contribution in [3.05, 3.63) is 53.6 Å². The Bertz CT molecular complexity index is 762. The lowest BCUT2D eigenvalue weighted by molar-refractivity contribution is 0.414. The number of phenolic OH excluding ortho intramolecular Hbond substituents is 1. The van der Waals surface area contributed by atoms with Crippen molar-refractivity contribution in [2.45, 2.75) is 43.1 Å². The molecule has 4 rings (SSSR count). The topological polar surface area (TPSA) is 67.5 Å². The van der Waals surface area contributed by atoms with E-state index in [2.05, 4.69) is 17.4 Å². The third-order valence-electron chi connectivity index (χ3n) is 5.85. The van der Waals surface area contributed by atoms with Crippen molar-refractivity contribution in [2.24, 2.45) is 0 Å². The summed E-state index contributed by atoms with van der Waals surface area (Å²) >= 11 is 0. The summed E-state index contributed by atoms with van der Waals surface area (Å²) in [6, 6.07) is 14.1. The Labute approximate surface area is 149 Å². The van der Waals surface area contributed by atoms with Crippen LogP contribution in [0.4, 0.5) is 5.69 Å². The van der Waals surface area contributed by atoms with Gasteiger partial charge < -0.3 is 20.9 Å². The Morgan fingerprint density at radius 2 is 1.80 bits per heavy atom. The number of nitrogen functional groups attached to an aromatic ring is 1. The van der Waals surface area contributed by atoms with Gasteiger partial charge in [-0.1, -0.05) is 18.2 Å². The van der Waals surface area contributed by atoms with E-state index in [4.69, 9.17) is 10.5 Å². The molecular formula is C21H26N2O2. The minimum absolute atomic E-state index is 0.172. The molecule has 0 saturated heterocycles. The highest BCUT2D eigenvalue weighted by Gasteiger charge is 2.49. The van der Waals surface area contributed by atoms with Gasteiger partial charge in [-0.15, -0.1) is 0 Å². The molecule has 0 heterocycles. The minimum atomic E-state index is 0.172. The van der Waals surface area contributed by atoms with Gasteiger partial charge in [-0.05, 0) is 67.5 Å². The quantitative estimate of drug-likeness (QED) is 0.535. The highest BCUT2D eigenvalue weighted by molar-refractivity contribution is 5.55. The van der Waals surface area contributed by atoms with Crippen LogP contribution in [0.1, 0.15) is 36.8 Å². The van der Waals surface area contributed by atoms with Crippen molar-refractivity contribution in [3.63, 3.8) is 0 Å². The molecule has 0 amide bonds. The van der Waals surface area contributed by atoms with Gasteiger partial charge in [0.25, 0.3) is 0 Å². The molecule has 4 N–H and O–H groups in total. The molecule has 0 spiro atoms. The normalized spacial score (nSPS) is 19.4. The van der Waals surface area contributed by atoms with Gasteiger partial charge in [0.2, 0.25) is 0 Å². The summed E-state index contributed by atoms with van der Waals surface area (Å²) in [5.41, 5.74) is 9.39. The molecule has 4 nitrogen and oxygen atoms in total. The van der Waals surface area contributed by atoms with Crippen molar-refractivity contribution < 1.29 is 9.84 Å². The Hall–Kier alpha value is -2.20. The van der Waals surface area contributed by atoms with Crippen molar-refractivity contribution in [3.8, 4) is 11.5 Å². The van der Waals surface area contributed by atoms with Crippen LogP contribution in [-0.4, -0.2) is 24.3 Å². The number of aromatic hydroxyl groups is 1. The Morgan fingerprint density at radius 1 is 1.08 bits per heavy atom. The molecule has 2 fully saturated rings. The van der Waals surface area contributed by atoms with Crippen LogP contribution in [0.2, 0.25) is 0 Å². The van der Waals surface area contributed by atoms with Crippen molar-refractivity contribution in [1.82, 2.24) is 5.32 Å². The first-order valence-corrected chi connectivity index (χ1v) is 9.01. The second-order valence-electron chi connectivity index (χ2n) is 7.71. The van der Waals surface area contributed by atoms with Gasteiger partial charge in [-0.3, -0.25) is 0 Å². The standard InChI is InChI=1S/C21H26N2O2/c1-25-17-5-2-15(3-6-17)13-21(10-11-21)23-14-20(8-9-20)16-4-7-19(24)18(22)12-16/h2-7,12,23-24H,8-11,13-14,22H2,1H3. The van der Waals surface area contributed by atoms with Gasteiger partial charge in [0, 0.05) is 17.5 Å². The van der Waals surface area contributed by atoms with E-state index in [0.717, 1.165) is 18.7 Å². The van der Waals surface area contributed by atoms with Gasteiger partial charge in [0.15, 0.2) is 0 Å². The fourth-order valence-corrected chi connectivity index (χ4v) is 3.66. The highest BCUT2D eigenvalue weighted by atomic mass is 16.5. The summed E-state index contributed by atoms with van der Waals surface area (Å²) in [5, 5.41) is 13.5. The summed E-state index contributed by atoms with van der Waals surface area (Å²) < 4.78 is 5.24. The largest absolute Gasteiger partial charge is 0.506 e. The molecule has 0 aromatic heterocycles. The zero-order valence-corrected chi connectivity index (χ0v) is 14.7. The van der Waals surface area contributed by atoms with E-state index < -0.39 is 0 Å².